The van der Waals surface area contributed by atoms with Crippen LogP contribution >= 0.6 is 11.3 Å². The summed E-state index contributed by atoms with van der Waals surface area (Å²) in [5.74, 6) is 0.707. The predicted molar refractivity (Wildman–Crippen MR) is 85.2 cm³/mol. The van der Waals surface area contributed by atoms with Crippen LogP contribution in [0.1, 0.15) is 47.9 Å². The lowest BCUT2D eigenvalue weighted by Crippen LogP contribution is -2.42. The SMILES string of the molecule is CNC1(c2nc(C)cs2)CCC(c2ccccc2)CC1. The van der Waals surface area contributed by atoms with Gasteiger partial charge >= 0.3 is 0 Å². The van der Waals surface area contributed by atoms with Crippen LogP contribution in [0.4, 0.5) is 0 Å². The number of nitrogens with zero attached hydrogens (tertiary/aromatic N) is 1. The molecular formula is C17H22N2S. The highest BCUT2D eigenvalue weighted by molar-refractivity contribution is 7.09. The molecule has 1 saturated carbocycles. The van der Waals surface area contributed by atoms with Gasteiger partial charge in [0.25, 0.3) is 0 Å². The van der Waals surface area contributed by atoms with E-state index in [0.717, 1.165) is 5.69 Å². The lowest BCUT2D eigenvalue weighted by atomic mass is 9.74. The lowest BCUT2D eigenvalue weighted by molar-refractivity contribution is 0.230. The smallest absolute Gasteiger partial charge is 0.113 e. The topological polar surface area (TPSA) is 24.9 Å². The van der Waals surface area contributed by atoms with Gasteiger partial charge in [-0.15, -0.1) is 11.3 Å². The number of rotatable bonds is 3. The molecule has 0 bridgehead atoms. The van der Waals surface area contributed by atoms with E-state index >= 15 is 0 Å². The second kappa shape index (κ2) is 5.66. The van der Waals surface area contributed by atoms with Crippen LogP contribution in [0.25, 0.3) is 0 Å². The number of thiazole rings is 1. The van der Waals surface area contributed by atoms with Crippen LogP contribution in [0, 0.1) is 6.92 Å². The van der Waals surface area contributed by atoms with Crippen molar-refractivity contribution in [3.63, 3.8) is 0 Å². The Hall–Kier alpha value is -1.19. The van der Waals surface area contributed by atoms with Gasteiger partial charge in [0.1, 0.15) is 5.01 Å². The number of benzene rings is 1. The first-order valence-corrected chi connectivity index (χ1v) is 8.28. The maximum atomic E-state index is 4.73. The minimum Gasteiger partial charge on any atom is -0.308 e. The van der Waals surface area contributed by atoms with Gasteiger partial charge in [-0.3, -0.25) is 0 Å². The van der Waals surface area contributed by atoms with Gasteiger partial charge in [0.15, 0.2) is 0 Å². The third-order valence-electron chi connectivity index (χ3n) is 4.62. The van der Waals surface area contributed by atoms with Crippen molar-refractivity contribution in [1.82, 2.24) is 10.3 Å². The maximum absolute atomic E-state index is 4.73. The van der Waals surface area contributed by atoms with E-state index in [1.807, 2.05) is 0 Å². The molecular weight excluding hydrogens is 264 g/mol. The van der Waals surface area contributed by atoms with Crippen LogP contribution in [-0.2, 0) is 5.54 Å². The Morgan fingerprint density at radius 1 is 1.20 bits per heavy atom. The Balaban J connectivity index is 1.76. The Kier molecular flexibility index (Phi) is 3.90. The Labute approximate surface area is 125 Å². The summed E-state index contributed by atoms with van der Waals surface area (Å²) in [6.07, 6.45) is 4.83. The van der Waals surface area contributed by atoms with Gasteiger partial charge in [-0.1, -0.05) is 30.3 Å². The highest BCUT2D eigenvalue weighted by Crippen LogP contribution is 2.43. The zero-order valence-corrected chi connectivity index (χ0v) is 13.0. The molecule has 1 N–H and O–H groups in total. The molecule has 0 atom stereocenters. The van der Waals surface area contributed by atoms with Crippen LogP contribution in [0.3, 0.4) is 0 Å². The quantitative estimate of drug-likeness (QED) is 0.913. The van der Waals surface area contributed by atoms with Gasteiger partial charge in [-0.2, -0.15) is 0 Å². The molecule has 1 heterocycles. The molecule has 2 aromatic rings. The van der Waals surface area contributed by atoms with Crippen molar-refractivity contribution < 1.29 is 0 Å². The highest BCUT2D eigenvalue weighted by atomic mass is 32.1. The number of hydrogen-bond acceptors (Lipinski definition) is 3. The molecule has 0 radical (unpaired) electrons. The molecule has 0 unspecified atom stereocenters. The molecule has 0 spiro atoms. The normalized spacial score (nSPS) is 26.6. The first-order chi connectivity index (χ1) is 9.73. The molecule has 0 saturated heterocycles. The monoisotopic (exact) mass is 286 g/mol. The molecule has 1 aromatic heterocycles. The van der Waals surface area contributed by atoms with Crippen molar-refractivity contribution >= 4 is 11.3 Å². The molecule has 3 heteroatoms. The average Bonchev–Trinajstić information content (AvgIpc) is 2.95. The number of aryl methyl sites for hydroxylation is 1. The van der Waals surface area contributed by atoms with Crippen molar-refractivity contribution in [2.75, 3.05) is 7.05 Å². The largest absolute Gasteiger partial charge is 0.308 e. The molecule has 3 rings (SSSR count). The Morgan fingerprint density at radius 2 is 1.90 bits per heavy atom. The van der Waals surface area contributed by atoms with Crippen molar-refractivity contribution in [2.24, 2.45) is 0 Å². The minimum atomic E-state index is 0.101. The second-order valence-electron chi connectivity index (χ2n) is 5.81. The molecule has 106 valence electrons. The van der Waals surface area contributed by atoms with E-state index in [4.69, 9.17) is 4.98 Å². The minimum absolute atomic E-state index is 0.101. The molecule has 20 heavy (non-hydrogen) atoms. The van der Waals surface area contributed by atoms with Gasteiger partial charge in [0.05, 0.1) is 5.54 Å². The predicted octanol–water partition coefficient (Wildman–Crippen LogP) is 4.22. The van der Waals surface area contributed by atoms with Crippen LogP contribution < -0.4 is 5.32 Å². The first kappa shape index (κ1) is 13.8. The van der Waals surface area contributed by atoms with Crippen molar-refractivity contribution in [3.05, 3.63) is 52.0 Å². The van der Waals surface area contributed by atoms with E-state index < -0.39 is 0 Å². The molecule has 1 aromatic carbocycles. The fraction of sp³-hybridized carbons (Fsp3) is 0.471. The van der Waals surface area contributed by atoms with E-state index in [1.54, 1.807) is 11.3 Å². The average molecular weight is 286 g/mol. The third-order valence-corrected chi connectivity index (χ3v) is 5.78. The van der Waals surface area contributed by atoms with Gasteiger partial charge in [-0.05, 0) is 51.1 Å². The summed E-state index contributed by atoms with van der Waals surface area (Å²) >= 11 is 1.80. The van der Waals surface area contributed by atoms with Gasteiger partial charge in [0.2, 0.25) is 0 Å². The molecule has 1 fully saturated rings. The van der Waals surface area contributed by atoms with E-state index in [0.29, 0.717) is 5.92 Å². The van der Waals surface area contributed by atoms with Crippen LogP contribution in [-0.4, -0.2) is 12.0 Å². The van der Waals surface area contributed by atoms with E-state index in [9.17, 15) is 0 Å². The summed E-state index contributed by atoms with van der Waals surface area (Å²) < 4.78 is 0. The molecule has 1 aliphatic carbocycles. The molecule has 0 amide bonds. The standard InChI is InChI=1S/C17H22N2S/c1-13-12-20-16(19-13)17(18-2)10-8-15(9-11-17)14-6-4-3-5-7-14/h3-7,12,15,18H,8-11H2,1-2H3. The zero-order valence-electron chi connectivity index (χ0n) is 12.2. The van der Waals surface area contributed by atoms with E-state index in [1.165, 1.54) is 36.3 Å². The van der Waals surface area contributed by atoms with Crippen LogP contribution in [0.15, 0.2) is 35.7 Å². The van der Waals surface area contributed by atoms with Gasteiger partial charge in [0, 0.05) is 11.1 Å². The second-order valence-corrected chi connectivity index (χ2v) is 6.67. The third kappa shape index (κ3) is 2.52. The van der Waals surface area contributed by atoms with Crippen LogP contribution in [0.2, 0.25) is 0 Å². The van der Waals surface area contributed by atoms with Crippen LogP contribution in [0.5, 0.6) is 0 Å². The highest BCUT2D eigenvalue weighted by Gasteiger charge is 2.38. The Bertz CT molecular complexity index is 553. The zero-order chi connectivity index (χ0) is 14.0. The van der Waals surface area contributed by atoms with E-state index in [2.05, 4.69) is 55.0 Å². The van der Waals surface area contributed by atoms with E-state index in [-0.39, 0.29) is 5.54 Å². The Morgan fingerprint density at radius 3 is 2.45 bits per heavy atom. The van der Waals surface area contributed by atoms with Crippen molar-refractivity contribution in [1.29, 1.82) is 0 Å². The number of aromatic nitrogens is 1. The molecule has 0 aliphatic heterocycles. The lowest BCUT2D eigenvalue weighted by Gasteiger charge is -2.39. The van der Waals surface area contributed by atoms with Gasteiger partial charge < -0.3 is 5.32 Å². The fourth-order valence-electron chi connectivity index (χ4n) is 3.31. The molecule has 1 aliphatic rings. The fourth-order valence-corrected chi connectivity index (χ4v) is 4.38. The maximum Gasteiger partial charge on any atom is 0.113 e. The van der Waals surface area contributed by atoms with Crippen molar-refractivity contribution in [2.45, 2.75) is 44.1 Å². The summed E-state index contributed by atoms with van der Waals surface area (Å²) in [7, 11) is 2.08. The number of nitrogens with one attached hydrogen (secondary N) is 1. The van der Waals surface area contributed by atoms with Crippen molar-refractivity contribution in [3.8, 4) is 0 Å². The summed E-state index contributed by atoms with van der Waals surface area (Å²) in [6.45, 7) is 2.08. The first-order valence-electron chi connectivity index (χ1n) is 7.40. The summed E-state index contributed by atoms with van der Waals surface area (Å²) in [6, 6.07) is 10.9. The summed E-state index contributed by atoms with van der Waals surface area (Å²) in [4.78, 5) is 4.73. The summed E-state index contributed by atoms with van der Waals surface area (Å²) in [5.41, 5.74) is 2.74. The summed E-state index contributed by atoms with van der Waals surface area (Å²) in [5, 5.41) is 7.00. The van der Waals surface area contributed by atoms with Gasteiger partial charge in [-0.25, -0.2) is 4.98 Å². The molecule has 2 nitrogen and oxygen atoms in total. The number of hydrogen-bond donors (Lipinski definition) is 1.